The van der Waals surface area contributed by atoms with Crippen molar-refractivity contribution in [1.82, 2.24) is 15.3 Å². The van der Waals surface area contributed by atoms with Crippen LogP contribution in [0.15, 0.2) is 12.3 Å². The molecular formula is C11H16N4O. The van der Waals surface area contributed by atoms with E-state index in [0.29, 0.717) is 18.9 Å². The van der Waals surface area contributed by atoms with Crippen LogP contribution in [-0.4, -0.2) is 22.4 Å². The summed E-state index contributed by atoms with van der Waals surface area (Å²) in [5.41, 5.74) is 6.11. The molecule has 1 amide bonds. The Morgan fingerprint density at radius 2 is 2.38 bits per heavy atom. The van der Waals surface area contributed by atoms with Crippen molar-refractivity contribution in [3.05, 3.63) is 23.8 Å². The van der Waals surface area contributed by atoms with Gasteiger partial charge in [-0.2, -0.15) is 0 Å². The summed E-state index contributed by atoms with van der Waals surface area (Å²) in [6.45, 7) is 2.71. The molecule has 86 valence electrons. The normalized spacial score (nSPS) is 16.9. The highest BCUT2D eigenvalue weighted by atomic mass is 16.2. The molecule has 1 saturated carbocycles. The monoisotopic (exact) mass is 220 g/mol. The topological polar surface area (TPSA) is 80.9 Å². The van der Waals surface area contributed by atoms with Gasteiger partial charge in [-0.25, -0.2) is 9.97 Å². The second kappa shape index (κ2) is 4.17. The van der Waals surface area contributed by atoms with Crippen LogP contribution in [0.25, 0.3) is 0 Å². The SMILES string of the molecule is Cc1nccc(CNC(=O)C2(CN)CC2)n1. The Bertz CT molecular complexity index is 401. The molecule has 0 atom stereocenters. The maximum atomic E-state index is 11.8. The highest BCUT2D eigenvalue weighted by Gasteiger charge is 2.48. The van der Waals surface area contributed by atoms with Crippen LogP contribution < -0.4 is 11.1 Å². The number of aryl methyl sites for hydroxylation is 1. The van der Waals surface area contributed by atoms with E-state index in [-0.39, 0.29) is 11.3 Å². The Hall–Kier alpha value is -1.49. The number of carbonyl (C=O) groups is 1. The summed E-state index contributed by atoms with van der Waals surface area (Å²) in [6.07, 6.45) is 3.50. The average molecular weight is 220 g/mol. The molecule has 1 aliphatic carbocycles. The first-order chi connectivity index (χ1) is 7.66. The van der Waals surface area contributed by atoms with E-state index in [1.807, 2.05) is 6.92 Å². The van der Waals surface area contributed by atoms with Gasteiger partial charge in [-0.1, -0.05) is 0 Å². The third-order valence-electron chi connectivity index (χ3n) is 2.99. The zero-order valence-corrected chi connectivity index (χ0v) is 9.36. The number of nitrogens with zero attached hydrogens (tertiary/aromatic N) is 2. The van der Waals surface area contributed by atoms with Crippen molar-refractivity contribution in [3.63, 3.8) is 0 Å². The average Bonchev–Trinajstić information content (AvgIpc) is 3.07. The predicted octanol–water partition coefficient (Wildman–Crippen LogP) is 0.140. The lowest BCUT2D eigenvalue weighted by Crippen LogP contribution is -2.36. The van der Waals surface area contributed by atoms with Gasteiger partial charge in [0.15, 0.2) is 0 Å². The van der Waals surface area contributed by atoms with E-state index in [1.165, 1.54) is 0 Å². The van der Waals surface area contributed by atoms with Crippen molar-refractivity contribution in [2.45, 2.75) is 26.3 Å². The highest BCUT2D eigenvalue weighted by molar-refractivity contribution is 5.85. The summed E-state index contributed by atoms with van der Waals surface area (Å²) in [5.74, 6) is 0.762. The number of carbonyl (C=O) groups excluding carboxylic acids is 1. The van der Waals surface area contributed by atoms with E-state index in [2.05, 4.69) is 15.3 Å². The van der Waals surface area contributed by atoms with Crippen molar-refractivity contribution in [2.24, 2.45) is 11.1 Å². The fourth-order valence-electron chi connectivity index (χ4n) is 1.64. The maximum absolute atomic E-state index is 11.8. The number of hydrogen-bond donors (Lipinski definition) is 2. The summed E-state index contributed by atoms with van der Waals surface area (Å²) in [5, 5.41) is 2.87. The van der Waals surface area contributed by atoms with Crippen LogP contribution in [0.4, 0.5) is 0 Å². The Balaban J connectivity index is 1.90. The smallest absolute Gasteiger partial charge is 0.227 e. The molecule has 0 radical (unpaired) electrons. The van der Waals surface area contributed by atoms with Gasteiger partial charge in [-0.3, -0.25) is 4.79 Å². The summed E-state index contributed by atoms with van der Waals surface area (Å²) in [6, 6.07) is 1.80. The number of rotatable bonds is 4. The minimum Gasteiger partial charge on any atom is -0.350 e. The molecule has 3 N–H and O–H groups in total. The number of hydrogen-bond acceptors (Lipinski definition) is 4. The van der Waals surface area contributed by atoms with Crippen molar-refractivity contribution < 1.29 is 4.79 Å². The molecule has 2 rings (SSSR count). The minimum atomic E-state index is -0.290. The first-order valence-corrected chi connectivity index (χ1v) is 5.43. The molecule has 5 heteroatoms. The first kappa shape index (κ1) is 11.0. The Labute approximate surface area is 94.5 Å². The van der Waals surface area contributed by atoms with Gasteiger partial charge in [0.2, 0.25) is 5.91 Å². The lowest BCUT2D eigenvalue weighted by Gasteiger charge is -2.12. The van der Waals surface area contributed by atoms with E-state index in [1.54, 1.807) is 12.3 Å². The number of nitrogens with two attached hydrogens (primary N) is 1. The molecule has 16 heavy (non-hydrogen) atoms. The Morgan fingerprint density at radius 1 is 1.62 bits per heavy atom. The molecule has 0 saturated heterocycles. The van der Waals surface area contributed by atoms with Crippen molar-refractivity contribution in [1.29, 1.82) is 0 Å². The fraction of sp³-hybridized carbons (Fsp3) is 0.545. The lowest BCUT2D eigenvalue weighted by atomic mass is 10.1. The van der Waals surface area contributed by atoms with E-state index in [0.717, 1.165) is 18.5 Å². The van der Waals surface area contributed by atoms with Crippen LogP contribution in [0.1, 0.15) is 24.4 Å². The first-order valence-electron chi connectivity index (χ1n) is 5.43. The van der Waals surface area contributed by atoms with Crippen LogP contribution in [0.5, 0.6) is 0 Å². The molecule has 1 heterocycles. The van der Waals surface area contributed by atoms with Crippen LogP contribution in [-0.2, 0) is 11.3 Å². The molecule has 0 aromatic carbocycles. The summed E-state index contributed by atoms with van der Waals surface area (Å²) in [4.78, 5) is 20.0. The molecule has 1 aliphatic rings. The number of nitrogens with one attached hydrogen (secondary N) is 1. The summed E-state index contributed by atoms with van der Waals surface area (Å²) in [7, 11) is 0. The molecule has 1 aromatic rings. The summed E-state index contributed by atoms with van der Waals surface area (Å²) >= 11 is 0. The minimum absolute atomic E-state index is 0.0475. The van der Waals surface area contributed by atoms with Crippen LogP contribution in [0, 0.1) is 12.3 Å². The largest absolute Gasteiger partial charge is 0.350 e. The molecule has 0 unspecified atom stereocenters. The van der Waals surface area contributed by atoms with Gasteiger partial charge in [-0.05, 0) is 25.8 Å². The van der Waals surface area contributed by atoms with Crippen LogP contribution in [0.2, 0.25) is 0 Å². The van der Waals surface area contributed by atoms with Crippen molar-refractivity contribution in [2.75, 3.05) is 6.54 Å². The third-order valence-corrected chi connectivity index (χ3v) is 2.99. The molecular weight excluding hydrogens is 204 g/mol. The van der Waals surface area contributed by atoms with Gasteiger partial charge in [0.25, 0.3) is 0 Å². The fourth-order valence-corrected chi connectivity index (χ4v) is 1.64. The molecule has 0 bridgehead atoms. The number of aromatic nitrogens is 2. The Morgan fingerprint density at radius 3 is 2.94 bits per heavy atom. The highest BCUT2D eigenvalue weighted by Crippen LogP contribution is 2.44. The standard InChI is InChI=1S/C11H16N4O/c1-8-13-5-2-9(15-8)6-14-10(16)11(7-12)3-4-11/h2,5H,3-4,6-7,12H2,1H3,(H,14,16). The second-order valence-electron chi connectivity index (χ2n) is 4.26. The van der Waals surface area contributed by atoms with Gasteiger partial charge < -0.3 is 11.1 Å². The Kier molecular flexibility index (Phi) is 2.87. The molecule has 0 aliphatic heterocycles. The van der Waals surface area contributed by atoms with Gasteiger partial charge in [0.05, 0.1) is 17.7 Å². The lowest BCUT2D eigenvalue weighted by molar-refractivity contribution is -0.126. The zero-order chi connectivity index (χ0) is 11.6. The van der Waals surface area contributed by atoms with E-state index >= 15 is 0 Å². The van der Waals surface area contributed by atoms with Crippen LogP contribution in [0.3, 0.4) is 0 Å². The van der Waals surface area contributed by atoms with E-state index in [9.17, 15) is 4.79 Å². The van der Waals surface area contributed by atoms with E-state index < -0.39 is 0 Å². The second-order valence-corrected chi connectivity index (χ2v) is 4.26. The molecule has 0 spiro atoms. The third kappa shape index (κ3) is 2.19. The quantitative estimate of drug-likeness (QED) is 0.756. The molecule has 1 fully saturated rings. The number of amides is 1. The molecule has 1 aromatic heterocycles. The van der Waals surface area contributed by atoms with E-state index in [4.69, 9.17) is 5.73 Å². The zero-order valence-electron chi connectivity index (χ0n) is 9.36. The predicted molar refractivity (Wildman–Crippen MR) is 59.3 cm³/mol. The van der Waals surface area contributed by atoms with Crippen molar-refractivity contribution >= 4 is 5.91 Å². The van der Waals surface area contributed by atoms with Gasteiger partial charge >= 0.3 is 0 Å². The maximum Gasteiger partial charge on any atom is 0.227 e. The summed E-state index contributed by atoms with van der Waals surface area (Å²) < 4.78 is 0. The van der Waals surface area contributed by atoms with Crippen molar-refractivity contribution in [3.8, 4) is 0 Å². The molecule has 5 nitrogen and oxygen atoms in total. The van der Waals surface area contributed by atoms with Gasteiger partial charge in [-0.15, -0.1) is 0 Å². The van der Waals surface area contributed by atoms with Gasteiger partial charge in [0.1, 0.15) is 5.82 Å². The van der Waals surface area contributed by atoms with Gasteiger partial charge in [0, 0.05) is 12.7 Å². The van der Waals surface area contributed by atoms with Crippen LogP contribution >= 0.6 is 0 Å².